The Bertz CT molecular complexity index is 991. The maximum Gasteiger partial charge on any atom is 0.230 e. The van der Waals surface area contributed by atoms with Crippen LogP contribution in [-0.2, 0) is 24.4 Å². The fourth-order valence-corrected chi connectivity index (χ4v) is 3.94. The van der Waals surface area contributed by atoms with Crippen LogP contribution in [0.3, 0.4) is 0 Å². The van der Waals surface area contributed by atoms with Crippen molar-refractivity contribution in [3.63, 3.8) is 0 Å². The first-order valence-electron chi connectivity index (χ1n) is 11.2. The fourth-order valence-electron chi connectivity index (χ4n) is 3.13. The Hall–Kier alpha value is -3.00. The third kappa shape index (κ3) is 8.13. The van der Waals surface area contributed by atoms with Crippen molar-refractivity contribution in [2.24, 2.45) is 5.92 Å². The van der Waals surface area contributed by atoms with Crippen LogP contribution < -0.4 is 14.8 Å². The Balaban J connectivity index is 1.51. The van der Waals surface area contributed by atoms with E-state index in [-0.39, 0.29) is 5.91 Å². The van der Waals surface area contributed by atoms with E-state index in [9.17, 15) is 4.79 Å². The molecule has 0 radical (unpaired) electrons. The van der Waals surface area contributed by atoms with Crippen LogP contribution in [0.15, 0.2) is 59.8 Å². The normalized spacial score (nSPS) is 10.9. The number of methoxy groups -OCH3 is 1. The van der Waals surface area contributed by atoms with Gasteiger partial charge in [-0.2, -0.15) is 0 Å². The minimum Gasteiger partial charge on any atom is -0.497 e. The van der Waals surface area contributed by atoms with Crippen LogP contribution in [0.4, 0.5) is 0 Å². The monoisotopic (exact) mass is 468 g/mol. The molecule has 1 N–H and O–H groups in total. The first-order valence-corrected chi connectivity index (χ1v) is 12.2. The minimum absolute atomic E-state index is 0.0194. The summed E-state index contributed by atoms with van der Waals surface area (Å²) >= 11 is 1.41. The standard InChI is InChI=1S/C25H32N4O3S/c1-19(2)14-16-29-23(17-32-22-7-5-4-6-8-22)27-28-25(29)33-18-24(30)26-15-13-20-9-11-21(31-3)12-10-20/h4-12,19H,13-18H2,1-3H3,(H,26,30). The van der Waals surface area contributed by atoms with Crippen molar-refractivity contribution < 1.29 is 14.3 Å². The second kappa shape index (κ2) is 12.9. The molecule has 0 aliphatic rings. The second-order valence-corrected chi connectivity index (χ2v) is 9.01. The van der Waals surface area contributed by atoms with Crippen LogP contribution in [0.5, 0.6) is 11.5 Å². The maximum atomic E-state index is 12.4. The van der Waals surface area contributed by atoms with Crippen molar-refractivity contribution >= 4 is 17.7 Å². The maximum absolute atomic E-state index is 12.4. The molecule has 3 rings (SSSR count). The van der Waals surface area contributed by atoms with Gasteiger partial charge in [-0.3, -0.25) is 4.79 Å². The molecule has 176 valence electrons. The lowest BCUT2D eigenvalue weighted by atomic mass is 10.1. The number of thioether (sulfide) groups is 1. The number of nitrogens with one attached hydrogen (secondary N) is 1. The first-order chi connectivity index (χ1) is 16.0. The third-order valence-corrected chi connectivity index (χ3v) is 6.03. The van der Waals surface area contributed by atoms with Gasteiger partial charge in [0.1, 0.15) is 18.1 Å². The summed E-state index contributed by atoms with van der Waals surface area (Å²) in [7, 11) is 1.65. The van der Waals surface area contributed by atoms with Gasteiger partial charge in [0.2, 0.25) is 5.91 Å². The lowest BCUT2D eigenvalue weighted by molar-refractivity contribution is -0.118. The quantitative estimate of drug-likeness (QED) is 0.376. The van der Waals surface area contributed by atoms with Crippen molar-refractivity contribution in [3.8, 4) is 11.5 Å². The van der Waals surface area contributed by atoms with E-state index in [1.54, 1.807) is 7.11 Å². The molecule has 7 nitrogen and oxygen atoms in total. The molecule has 33 heavy (non-hydrogen) atoms. The highest BCUT2D eigenvalue weighted by Crippen LogP contribution is 2.20. The van der Waals surface area contributed by atoms with Crippen molar-refractivity contribution in [2.45, 2.75) is 45.0 Å². The van der Waals surface area contributed by atoms with Gasteiger partial charge in [0.25, 0.3) is 0 Å². The number of benzene rings is 2. The highest BCUT2D eigenvalue weighted by Gasteiger charge is 2.15. The summed E-state index contributed by atoms with van der Waals surface area (Å²) in [4.78, 5) is 12.4. The van der Waals surface area contributed by atoms with Crippen LogP contribution in [0.1, 0.15) is 31.7 Å². The lowest BCUT2D eigenvalue weighted by Gasteiger charge is -2.12. The van der Waals surface area contributed by atoms with Crippen LogP contribution in [0, 0.1) is 5.92 Å². The zero-order chi connectivity index (χ0) is 23.5. The molecule has 0 bridgehead atoms. The third-order valence-electron chi connectivity index (χ3n) is 5.06. The van der Waals surface area contributed by atoms with Gasteiger partial charge in [-0.1, -0.05) is 55.9 Å². The summed E-state index contributed by atoms with van der Waals surface area (Å²) in [5.41, 5.74) is 1.15. The predicted octanol–water partition coefficient (Wildman–Crippen LogP) is 4.36. The number of nitrogens with zero attached hydrogens (tertiary/aromatic N) is 3. The van der Waals surface area contributed by atoms with Crippen LogP contribution in [-0.4, -0.2) is 40.1 Å². The first kappa shape index (κ1) is 24.6. The number of carbonyl (C=O) groups is 1. The molecule has 8 heteroatoms. The molecule has 3 aromatic rings. The molecule has 1 heterocycles. The SMILES string of the molecule is COc1ccc(CCNC(=O)CSc2nnc(COc3ccccc3)n2CCC(C)C)cc1. The number of ether oxygens (including phenoxy) is 2. The zero-order valence-corrected chi connectivity index (χ0v) is 20.3. The molecule has 0 atom stereocenters. The largest absolute Gasteiger partial charge is 0.497 e. The van der Waals surface area contributed by atoms with Crippen molar-refractivity contribution in [1.82, 2.24) is 20.1 Å². The molecule has 0 saturated carbocycles. The number of amides is 1. The number of aromatic nitrogens is 3. The van der Waals surface area contributed by atoms with Gasteiger partial charge in [-0.05, 0) is 48.6 Å². The summed E-state index contributed by atoms with van der Waals surface area (Å²) in [5, 5.41) is 12.4. The van der Waals surface area contributed by atoms with E-state index in [1.165, 1.54) is 11.8 Å². The zero-order valence-electron chi connectivity index (χ0n) is 19.5. The minimum atomic E-state index is -0.0194. The summed E-state index contributed by atoms with van der Waals surface area (Å²) in [6.07, 6.45) is 1.77. The molecule has 0 unspecified atom stereocenters. The fraction of sp³-hybridized carbons (Fsp3) is 0.400. The van der Waals surface area contributed by atoms with Gasteiger partial charge in [0, 0.05) is 13.1 Å². The molecule has 0 spiro atoms. The number of hydrogen-bond donors (Lipinski definition) is 1. The summed E-state index contributed by atoms with van der Waals surface area (Å²) in [6, 6.07) is 17.5. The highest BCUT2D eigenvalue weighted by atomic mass is 32.2. The van der Waals surface area contributed by atoms with Crippen LogP contribution in [0.2, 0.25) is 0 Å². The molecule has 1 amide bonds. The predicted molar refractivity (Wildman–Crippen MR) is 131 cm³/mol. The summed E-state index contributed by atoms with van der Waals surface area (Å²) in [6.45, 7) is 6.09. The van der Waals surface area contributed by atoms with Gasteiger partial charge < -0.3 is 19.4 Å². The van der Waals surface area contributed by atoms with E-state index >= 15 is 0 Å². The Labute approximate surface area is 199 Å². The molecular formula is C25H32N4O3S. The Morgan fingerprint density at radius 2 is 1.82 bits per heavy atom. The molecule has 0 saturated heterocycles. The van der Waals surface area contributed by atoms with Gasteiger partial charge >= 0.3 is 0 Å². The molecule has 0 aliphatic carbocycles. The topological polar surface area (TPSA) is 78.3 Å². The number of hydrogen-bond acceptors (Lipinski definition) is 6. The summed E-state index contributed by atoms with van der Waals surface area (Å²) < 4.78 is 13.1. The van der Waals surface area contributed by atoms with Crippen LogP contribution >= 0.6 is 11.8 Å². The molecule has 0 fully saturated rings. The van der Waals surface area contributed by atoms with E-state index in [2.05, 4.69) is 33.9 Å². The van der Waals surface area contributed by atoms with Gasteiger partial charge in [-0.15, -0.1) is 10.2 Å². The number of rotatable bonds is 13. The van der Waals surface area contributed by atoms with E-state index in [0.717, 1.165) is 47.4 Å². The van der Waals surface area contributed by atoms with E-state index in [0.29, 0.717) is 24.8 Å². The smallest absolute Gasteiger partial charge is 0.230 e. The van der Waals surface area contributed by atoms with Crippen molar-refractivity contribution in [3.05, 3.63) is 66.0 Å². The van der Waals surface area contributed by atoms with Gasteiger partial charge in [-0.25, -0.2) is 0 Å². The van der Waals surface area contributed by atoms with Gasteiger partial charge in [0.15, 0.2) is 11.0 Å². The number of para-hydroxylation sites is 1. The van der Waals surface area contributed by atoms with E-state index < -0.39 is 0 Å². The van der Waals surface area contributed by atoms with E-state index in [4.69, 9.17) is 9.47 Å². The molecular weight excluding hydrogens is 436 g/mol. The molecule has 1 aromatic heterocycles. The summed E-state index contributed by atoms with van der Waals surface area (Å²) in [5.74, 6) is 3.21. The van der Waals surface area contributed by atoms with E-state index in [1.807, 2.05) is 54.6 Å². The number of carbonyl (C=O) groups excluding carboxylic acids is 1. The van der Waals surface area contributed by atoms with Crippen LogP contribution in [0.25, 0.3) is 0 Å². The van der Waals surface area contributed by atoms with Crippen molar-refractivity contribution in [2.75, 3.05) is 19.4 Å². The average molecular weight is 469 g/mol. The van der Waals surface area contributed by atoms with Gasteiger partial charge in [0.05, 0.1) is 12.9 Å². The lowest BCUT2D eigenvalue weighted by Crippen LogP contribution is -2.27. The van der Waals surface area contributed by atoms with Crippen molar-refractivity contribution in [1.29, 1.82) is 0 Å². The molecule has 2 aromatic carbocycles. The average Bonchev–Trinajstić information content (AvgIpc) is 3.22. The Kier molecular flexibility index (Phi) is 9.62. The highest BCUT2D eigenvalue weighted by molar-refractivity contribution is 7.99. The Morgan fingerprint density at radius 3 is 2.52 bits per heavy atom. The molecule has 0 aliphatic heterocycles. The Morgan fingerprint density at radius 1 is 1.06 bits per heavy atom. The second-order valence-electron chi connectivity index (χ2n) is 8.07.